The van der Waals surface area contributed by atoms with Gasteiger partial charge in [0.15, 0.2) is 0 Å². The van der Waals surface area contributed by atoms with Gasteiger partial charge in [0.25, 0.3) is 0 Å². The SMILES string of the molecule is COc1ccccc1/C=C/CN1CCCC[C@H]1CCn1ccnc1. The highest BCUT2D eigenvalue weighted by atomic mass is 16.5. The van der Waals surface area contributed by atoms with Crippen LogP contribution in [0.25, 0.3) is 6.08 Å². The Kier molecular flexibility index (Phi) is 6.07. The average Bonchev–Trinajstić information content (AvgIpc) is 3.15. The van der Waals surface area contributed by atoms with Crippen LogP contribution in [-0.2, 0) is 6.54 Å². The molecule has 1 aromatic heterocycles. The zero-order valence-corrected chi connectivity index (χ0v) is 14.5. The lowest BCUT2D eigenvalue weighted by Gasteiger charge is -2.35. The van der Waals surface area contributed by atoms with Gasteiger partial charge >= 0.3 is 0 Å². The summed E-state index contributed by atoms with van der Waals surface area (Å²) in [4.78, 5) is 6.75. The first-order chi connectivity index (χ1) is 11.9. The van der Waals surface area contributed by atoms with Crippen LogP contribution in [0.5, 0.6) is 5.75 Å². The van der Waals surface area contributed by atoms with Crippen molar-refractivity contribution in [2.24, 2.45) is 0 Å². The molecule has 0 unspecified atom stereocenters. The van der Waals surface area contributed by atoms with Gasteiger partial charge in [-0.05, 0) is 31.9 Å². The Morgan fingerprint density at radius 3 is 3.04 bits per heavy atom. The molecular formula is C20H27N3O. The third-order valence-corrected chi connectivity index (χ3v) is 4.81. The van der Waals surface area contributed by atoms with Crippen LogP contribution in [0.1, 0.15) is 31.2 Å². The van der Waals surface area contributed by atoms with Gasteiger partial charge in [-0.3, -0.25) is 4.90 Å². The minimum absolute atomic E-state index is 0.670. The Labute approximate surface area is 144 Å². The quantitative estimate of drug-likeness (QED) is 0.774. The highest BCUT2D eigenvalue weighted by Gasteiger charge is 2.20. The number of rotatable bonds is 7. The second kappa shape index (κ2) is 8.69. The molecule has 4 nitrogen and oxygen atoms in total. The Bertz CT molecular complexity index is 636. The molecule has 1 fully saturated rings. The van der Waals surface area contributed by atoms with E-state index in [2.05, 4.69) is 44.9 Å². The number of nitrogens with zero attached hydrogens (tertiary/aromatic N) is 3. The molecule has 1 aliphatic rings. The van der Waals surface area contributed by atoms with Crippen molar-refractivity contribution in [3.8, 4) is 5.75 Å². The van der Waals surface area contributed by atoms with Crippen LogP contribution in [0.2, 0.25) is 0 Å². The summed E-state index contributed by atoms with van der Waals surface area (Å²) in [6.45, 7) is 3.26. The van der Waals surface area contributed by atoms with Crippen LogP contribution in [0.3, 0.4) is 0 Å². The van der Waals surface area contributed by atoms with Crippen LogP contribution >= 0.6 is 0 Å². The number of para-hydroxylation sites is 1. The fourth-order valence-electron chi connectivity index (χ4n) is 3.46. The van der Waals surface area contributed by atoms with Crippen molar-refractivity contribution < 1.29 is 4.74 Å². The Morgan fingerprint density at radius 1 is 1.29 bits per heavy atom. The third-order valence-electron chi connectivity index (χ3n) is 4.81. The molecule has 4 heteroatoms. The molecule has 0 aliphatic carbocycles. The van der Waals surface area contributed by atoms with Gasteiger partial charge in [-0.15, -0.1) is 0 Å². The lowest BCUT2D eigenvalue weighted by atomic mass is 9.99. The highest BCUT2D eigenvalue weighted by Crippen LogP contribution is 2.22. The van der Waals surface area contributed by atoms with Gasteiger partial charge in [-0.2, -0.15) is 0 Å². The Balaban J connectivity index is 1.56. The van der Waals surface area contributed by atoms with Crippen LogP contribution in [0.15, 0.2) is 49.1 Å². The maximum Gasteiger partial charge on any atom is 0.126 e. The number of aryl methyl sites for hydroxylation is 1. The first-order valence-corrected chi connectivity index (χ1v) is 8.86. The monoisotopic (exact) mass is 325 g/mol. The molecule has 1 aliphatic heterocycles. The summed E-state index contributed by atoms with van der Waals surface area (Å²) >= 11 is 0. The summed E-state index contributed by atoms with van der Waals surface area (Å²) < 4.78 is 7.59. The maximum atomic E-state index is 5.42. The van der Waals surface area contributed by atoms with E-state index < -0.39 is 0 Å². The van der Waals surface area contributed by atoms with E-state index in [1.807, 2.05) is 24.7 Å². The van der Waals surface area contributed by atoms with Crippen molar-refractivity contribution in [3.05, 3.63) is 54.6 Å². The van der Waals surface area contributed by atoms with Crippen LogP contribution in [-0.4, -0.2) is 40.7 Å². The molecule has 1 aromatic carbocycles. The number of imidazole rings is 1. The van der Waals surface area contributed by atoms with Gasteiger partial charge in [0, 0.05) is 37.1 Å². The summed E-state index contributed by atoms with van der Waals surface area (Å²) in [5, 5.41) is 0. The van der Waals surface area contributed by atoms with E-state index in [4.69, 9.17) is 4.74 Å². The molecule has 2 aromatic rings. The molecule has 1 saturated heterocycles. The van der Waals surface area contributed by atoms with Crippen molar-refractivity contribution in [1.29, 1.82) is 0 Å². The molecule has 128 valence electrons. The van der Waals surface area contributed by atoms with Crippen molar-refractivity contribution in [2.75, 3.05) is 20.2 Å². The van der Waals surface area contributed by atoms with E-state index in [9.17, 15) is 0 Å². The molecule has 24 heavy (non-hydrogen) atoms. The number of ether oxygens (including phenoxy) is 1. The predicted molar refractivity (Wildman–Crippen MR) is 98.1 cm³/mol. The molecule has 3 rings (SSSR count). The molecule has 0 amide bonds. The second-order valence-electron chi connectivity index (χ2n) is 6.38. The normalized spacial score (nSPS) is 19.0. The molecule has 2 heterocycles. The van der Waals surface area contributed by atoms with Gasteiger partial charge < -0.3 is 9.30 Å². The zero-order chi connectivity index (χ0) is 16.6. The zero-order valence-electron chi connectivity index (χ0n) is 14.5. The minimum atomic E-state index is 0.670. The van der Waals surface area contributed by atoms with Crippen molar-refractivity contribution in [1.82, 2.24) is 14.5 Å². The van der Waals surface area contributed by atoms with E-state index >= 15 is 0 Å². The lowest BCUT2D eigenvalue weighted by molar-refractivity contribution is 0.152. The van der Waals surface area contributed by atoms with E-state index in [0.717, 1.165) is 24.4 Å². The number of hydrogen-bond acceptors (Lipinski definition) is 3. The molecular weight excluding hydrogens is 298 g/mol. The van der Waals surface area contributed by atoms with E-state index in [-0.39, 0.29) is 0 Å². The summed E-state index contributed by atoms with van der Waals surface area (Å²) in [5.41, 5.74) is 1.15. The number of benzene rings is 1. The fourth-order valence-corrected chi connectivity index (χ4v) is 3.46. The first-order valence-electron chi connectivity index (χ1n) is 8.86. The minimum Gasteiger partial charge on any atom is -0.496 e. The van der Waals surface area contributed by atoms with Crippen LogP contribution in [0, 0.1) is 0 Å². The molecule has 0 spiro atoms. The summed E-state index contributed by atoms with van der Waals surface area (Å²) in [6.07, 6.45) is 15.4. The van der Waals surface area contributed by atoms with Gasteiger partial charge in [0.2, 0.25) is 0 Å². The number of hydrogen-bond donors (Lipinski definition) is 0. The van der Waals surface area contributed by atoms with Gasteiger partial charge in [0.1, 0.15) is 5.75 Å². The van der Waals surface area contributed by atoms with Gasteiger partial charge in [-0.25, -0.2) is 4.98 Å². The van der Waals surface area contributed by atoms with Crippen LogP contribution < -0.4 is 4.74 Å². The molecule has 0 saturated carbocycles. The number of aromatic nitrogens is 2. The first kappa shape index (κ1) is 16.8. The average molecular weight is 325 g/mol. The topological polar surface area (TPSA) is 30.3 Å². The van der Waals surface area contributed by atoms with E-state index in [1.54, 1.807) is 7.11 Å². The summed E-state index contributed by atoms with van der Waals surface area (Å²) in [6, 6.07) is 8.84. The third kappa shape index (κ3) is 4.48. The van der Waals surface area contributed by atoms with E-state index in [1.165, 1.54) is 32.2 Å². The lowest BCUT2D eigenvalue weighted by Crippen LogP contribution is -2.40. The highest BCUT2D eigenvalue weighted by molar-refractivity contribution is 5.57. The van der Waals surface area contributed by atoms with Crippen LogP contribution in [0.4, 0.5) is 0 Å². The molecule has 0 bridgehead atoms. The van der Waals surface area contributed by atoms with Crippen molar-refractivity contribution in [3.63, 3.8) is 0 Å². The van der Waals surface area contributed by atoms with Gasteiger partial charge in [0.05, 0.1) is 13.4 Å². The largest absolute Gasteiger partial charge is 0.496 e. The Hall–Kier alpha value is -2.07. The number of likely N-dealkylation sites (tertiary alicyclic amines) is 1. The summed E-state index contributed by atoms with van der Waals surface area (Å²) in [5.74, 6) is 0.934. The number of methoxy groups -OCH3 is 1. The van der Waals surface area contributed by atoms with Crippen molar-refractivity contribution >= 4 is 6.08 Å². The predicted octanol–water partition coefficient (Wildman–Crippen LogP) is 3.85. The second-order valence-corrected chi connectivity index (χ2v) is 6.38. The number of piperidine rings is 1. The molecule has 0 radical (unpaired) electrons. The molecule has 0 N–H and O–H groups in total. The standard InChI is InChI=1S/C20H27N3O/c1-24-20-10-3-2-7-18(20)8-6-14-23-13-5-4-9-19(23)11-15-22-16-12-21-17-22/h2-3,6-8,10,12,16-17,19H,4-5,9,11,13-15H2,1H3/b8-6+/t19-/m0/s1. The van der Waals surface area contributed by atoms with E-state index in [0.29, 0.717) is 6.04 Å². The Morgan fingerprint density at radius 2 is 2.21 bits per heavy atom. The molecule has 1 atom stereocenters. The summed E-state index contributed by atoms with van der Waals surface area (Å²) in [7, 11) is 1.73. The maximum absolute atomic E-state index is 5.42. The van der Waals surface area contributed by atoms with Gasteiger partial charge in [-0.1, -0.05) is 36.8 Å². The smallest absolute Gasteiger partial charge is 0.126 e. The van der Waals surface area contributed by atoms with Crippen molar-refractivity contribution in [2.45, 2.75) is 38.3 Å². The fraction of sp³-hybridized carbons (Fsp3) is 0.450.